The molecule has 2 aromatic carbocycles. The Hall–Kier alpha value is -3.36. The molecule has 0 saturated carbocycles. The van der Waals surface area contributed by atoms with E-state index in [-0.39, 0.29) is 22.6 Å². The minimum atomic E-state index is -0.495. The Morgan fingerprint density at radius 2 is 1.90 bits per heavy atom. The zero-order valence-electron chi connectivity index (χ0n) is 15.7. The second-order valence-corrected chi connectivity index (χ2v) is 7.77. The Morgan fingerprint density at radius 3 is 2.60 bits per heavy atom. The van der Waals surface area contributed by atoms with Gasteiger partial charge in [-0.2, -0.15) is 14.6 Å². The van der Waals surface area contributed by atoms with Gasteiger partial charge in [0.25, 0.3) is 11.1 Å². The molecule has 2 aromatic heterocycles. The summed E-state index contributed by atoms with van der Waals surface area (Å²) in [6.07, 6.45) is 1.83. The predicted octanol–water partition coefficient (Wildman–Crippen LogP) is 2.09. The van der Waals surface area contributed by atoms with E-state index in [1.165, 1.54) is 7.11 Å². The highest BCUT2D eigenvalue weighted by Gasteiger charge is 2.13. The zero-order chi connectivity index (χ0) is 21.3. The third-order valence-electron chi connectivity index (χ3n) is 4.40. The van der Waals surface area contributed by atoms with Crippen molar-refractivity contribution in [3.8, 4) is 0 Å². The van der Waals surface area contributed by atoms with Gasteiger partial charge in [0.05, 0.1) is 17.2 Å². The van der Waals surface area contributed by atoms with Gasteiger partial charge < -0.3 is 4.74 Å². The number of methoxy groups -OCH3 is 1. The van der Waals surface area contributed by atoms with E-state index in [4.69, 9.17) is 11.6 Å². The van der Waals surface area contributed by atoms with Gasteiger partial charge in [0.2, 0.25) is 4.96 Å². The van der Waals surface area contributed by atoms with Gasteiger partial charge in [-0.15, -0.1) is 0 Å². The van der Waals surface area contributed by atoms with E-state index in [0.29, 0.717) is 20.7 Å². The third kappa shape index (κ3) is 3.87. The van der Waals surface area contributed by atoms with Crippen LogP contribution in [0.15, 0.2) is 58.1 Å². The molecule has 0 aliphatic heterocycles. The van der Waals surface area contributed by atoms with Crippen LogP contribution in [0.3, 0.4) is 0 Å². The lowest BCUT2D eigenvalue weighted by molar-refractivity contribution is 0.0600. The molecule has 0 fully saturated rings. The molecule has 4 aromatic rings. The molecule has 2 heterocycles. The van der Waals surface area contributed by atoms with Crippen molar-refractivity contribution in [2.24, 2.45) is 0 Å². The molecule has 0 aliphatic carbocycles. The van der Waals surface area contributed by atoms with Crippen molar-refractivity contribution in [3.05, 3.63) is 101 Å². The van der Waals surface area contributed by atoms with E-state index in [1.54, 1.807) is 48.5 Å². The molecule has 7 nitrogen and oxygen atoms in total. The minimum Gasteiger partial charge on any atom is -0.465 e. The summed E-state index contributed by atoms with van der Waals surface area (Å²) in [6.45, 7) is 0. The first-order valence-electron chi connectivity index (χ1n) is 8.82. The number of hydrogen-bond acceptors (Lipinski definition) is 7. The van der Waals surface area contributed by atoms with E-state index in [9.17, 15) is 14.4 Å². The summed E-state index contributed by atoms with van der Waals surface area (Å²) in [5.41, 5.74) is 1.12. The molecule has 0 saturated heterocycles. The van der Waals surface area contributed by atoms with Crippen molar-refractivity contribution in [2.75, 3.05) is 7.11 Å². The molecule has 0 amide bonds. The predicted molar refractivity (Wildman–Crippen MR) is 114 cm³/mol. The van der Waals surface area contributed by atoms with Gasteiger partial charge in [0.15, 0.2) is 0 Å². The van der Waals surface area contributed by atoms with Crippen LogP contribution in [-0.2, 0) is 11.2 Å². The van der Waals surface area contributed by atoms with Gasteiger partial charge in [-0.1, -0.05) is 53.3 Å². The lowest BCUT2D eigenvalue weighted by Gasteiger charge is -2.02. The van der Waals surface area contributed by atoms with Crippen LogP contribution in [-0.4, -0.2) is 27.7 Å². The monoisotopic (exact) mass is 439 g/mol. The normalized spacial score (nSPS) is 11.7. The van der Waals surface area contributed by atoms with Crippen LogP contribution >= 0.6 is 22.9 Å². The van der Waals surface area contributed by atoms with Gasteiger partial charge in [-0.3, -0.25) is 9.59 Å². The second kappa shape index (κ2) is 8.17. The maximum absolute atomic E-state index is 12.8. The molecule has 9 heteroatoms. The fourth-order valence-corrected chi connectivity index (χ4v) is 3.97. The SMILES string of the molecule is COC(=O)c1ccc(C=c2sc3nc(=O)c(Cc4ccccc4Cl)nn3c2=O)cc1. The summed E-state index contributed by atoms with van der Waals surface area (Å²) < 4.78 is 6.17. The Morgan fingerprint density at radius 1 is 1.17 bits per heavy atom. The number of esters is 1. The maximum Gasteiger partial charge on any atom is 0.337 e. The Kier molecular flexibility index (Phi) is 5.43. The number of thiazole rings is 1. The molecule has 0 N–H and O–H groups in total. The number of carbonyl (C=O) groups excluding carboxylic acids is 1. The summed E-state index contributed by atoms with van der Waals surface area (Å²) in [5.74, 6) is -0.439. The first kappa shape index (κ1) is 19.9. The molecule has 150 valence electrons. The third-order valence-corrected chi connectivity index (χ3v) is 5.72. The lowest BCUT2D eigenvalue weighted by Crippen LogP contribution is -2.28. The average Bonchev–Trinajstić information content (AvgIpc) is 3.04. The molecular weight excluding hydrogens is 426 g/mol. The number of ether oxygens (including phenoxy) is 1. The van der Waals surface area contributed by atoms with Crippen LogP contribution in [0.1, 0.15) is 27.2 Å². The van der Waals surface area contributed by atoms with E-state index in [0.717, 1.165) is 21.4 Å². The van der Waals surface area contributed by atoms with Crippen LogP contribution < -0.4 is 15.7 Å². The largest absolute Gasteiger partial charge is 0.465 e. The highest BCUT2D eigenvalue weighted by Crippen LogP contribution is 2.16. The molecule has 4 rings (SSSR count). The van der Waals surface area contributed by atoms with E-state index < -0.39 is 11.5 Å². The quantitative estimate of drug-likeness (QED) is 0.452. The Bertz CT molecular complexity index is 1430. The number of fused-ring (bicyclic) bond motifs is 1. The first-order valence-corrected chi connectivity index (χ1v) is 10.0. The highest BCUT2D eigenvalue weighted by atomic mass is 35.5. The van der Waals surface area contributed by atoms with E-state index in [2.05, 4.69) is 14.8 Å². The zero-order valence-corrected chi connectivity index (χ0v) is 17.2. The molecule has 0 radical (unpaired) electrons. The molecule has 0 aliphatic rings. The van der Waals surface area contributed by atoms with Crippen molar-refractivity contribution >= 4 is 39.9 Å². The number of benzene rings is 2. The van der Waals surface area contributed by atoms with Crippen LogP contribution in [0.2, 0.25) is 5.02 Å². The number of aromatic nitrogens is 3. The molecular formula is C21H14ClN3O4S. The number of halogens is 1. The van der Waals surface area contributed by atoms with Crippen molar-refractivity contribution in [3.63, 3.8) is 0 Å². The number of carbonyl (C=O) groups is 1. The first-order chi connectivity index (χ1) is 14.5. The van der Waals surface area contributed by atoms with E-state index >= 15 is 0 Å². The maximum atomic E-state index is 12.8. The highest BCUT2D eigenvalue weighted by molar-refractivity contribution is 7.15. The van der Waals surface area contributed by atoms with Crippen LogP contribution in [0.5, 0.6) is 0 Å². The Labute approximate surface area is 178 Å². The summed E-state index contributed by atoms with van der Waals surface area (Å²) in [4.78, 5) is 40.9. The van der Waals surface area contributed by atoms with Crippen molar-refractivity contribution in [1.82, 2.24) is 14.6 Å². The minimum absolute atomic E-state index is 0.143. The lowest BCUT2D eigenvalue weighted by atomic mass is 10.1. The summed E-state index contributed by atoms with van der Waals surface area (Å²) >= 11 is 7.23. The average molecular weight is 440 g/mol. The van der Waals surface area contributed by atoms with Crippen molar-refractivity contribution in [1.29, 1.82) is 0 Å². The molecule has 0 atom stereocenters. The van der Waals surface area contributed by atoms with Crippen LogP contribution in [0, 0.1) is 0 Å². The van der Waals surface area contributed by atoms with Crippen LogP contribution in [0.4, 0.5) is 0 Å². The summed E-state index contributed by atoms with van der Waals surface area (Å²) in [5, 5.41) is 4.74. The Balaban J connectivity index is 1.75. The topological polar surface area (TPSA) is 90.6 Å². The van der Waals surface area contributed by atoms with Gasteiger partial charge in [-0.25, -0.2) is 4.79 Å². The molecule has 0 unspecified atom stereocenters. The van der Waals surface area contributed by atoms with Gasteiger partial charge in [0.1, 0.15) is 5.69 Å². The smallest absolute Gasteiger partial charge is 0.337 e. The fraction of sp³-hybridized carbons (Fsp3) is 0.0952. The van der Waals surface area contributed by atoms with Gasteiger partial charge >= 0.3 is 5.97 Å². The number of nitrogens with zero attached hydrogens (tertiary/aromatic N) is 3. The van der Waals surface area contributed by atoms with Crippen molar-refractivity contribution in [2.45, 2.75) is 6.42 Å². The van der Waals surface area contributed by atoms with Gasteiger partial charge in [0, 0.05) is 11.4 Å². The van der Waals surface area contributed by atoms with Crippen molar-refractivity contribution < 1.29 is 9.53 Å². The van der Waals surface area contributed by atoms with Gasteiger partial charge in [-0.05, 0) is 35.4 Å². The van der Waals surface area contributed by atoms with E-state index in [1.807, 2.05) is 6.07 Å². The number of hydrogen-bond donors (Lipinski definition) is 0. The summed E-state index contributed by atoms with van der Waals surface area (Å²) in [6, 6.07) is 13.7. The molecule has 30 heavy (non-hydrogen) atoms. The number of rotatable bonds is 4. The van der Waals surface area contributed by atoms with Crippen LogP contribution in [0.25, 0.3) is 11.0 Å². The molecule has 0 bridgehead atoms. The summed E-state index contributed by atoms with van der Waals surface area (Å²) in [7, 11) is 1.31. The standard InChI is InChI=1S/C21H14ClN3O4S/c1-29-20(28)13-8-6-12(7-9-13)10-17-19(27)25-21(30-17)23-18(26)16(24-25)11-14-4-2-3-5-15(14)22/h2-10H,11H2,1H3. The second-order valence-electron chi connectivity index (χ2n) is 6.36. The molecule has 0 spiro atoms. The fourth-order valence-electron chi connectivity index (χ4n) is 2.86.